The van der Waals surface area contributed by atoms with Gasteiger partial charge in [-0.2, -0.15) is 5.11 Å². The third-order valence-corrected chi connectivity index (χ3v) is 3.44. The summed E-state index contributed by atoms with van der Waals surface area (Å²) >= 11 is 0. The van der Waals surface area contributed by atoms with E-state index in [0.717, 1.165) is 6.42 Å². The van der Waals surface area contributed by atoms with Gasteiger partial charge in [0.2, 0.25) is 0 Å². The Bertz CT molecular complexity index is 176. The van der Waals surface area contributed by atoms with E-state index in [1.54, 1.807) is 0 Å². The molecule has 0 aromatic heterocycles. The second-order valence-corrected chi connectivity index (χ2v) is 5.86. The van der Waals surface area contributed by atoms with E-state index in [0.29, 0.717) is 0 Å². The molecule has 0 unspecified atom stereocenters. The summed E-state index contributed by atoms with van der Waals surface area (Å²) in [5.74, 6) is 0. The molecule has 0 heterocycles. The summed E-state index contributed by atoms with van der Waals surface area (Å²) in [6.07, 6.45) is 14.8. The zero-order valence-electron chi connectivity index (χ0n) is 12.2. The molecule has 2 heteroatoms. The highest BCUT2D eigenvalue weighted by Gasteiger charge is 2.14. The number of nitrogens with zero attached hydrogens (tertiary/aromatic N) is 1. The normalized spacial score (nSPS) is 11.7. The fourth-order valence-electron chi connectivity index (χ4n) is 2.10. The predicted molar refractivity (Wildman–Crippen MR) is 75.7 cm³/mol. The number of unbranched alkanes of at least 4 members (excludes halogenated alkanes) is 9. The van der Waals surface area contributed by atoms with Crippen LogP contribution in [0.5, 0.6) is 0 Å². The Morgan fingerprint density at radius 2 is 1.18 bits per heavy atom. The highest BCUT2D eigenvalue weighted by molar-refractivity contribution is 4.73. The van der Waals surface area contributed by atoms with E-state index >= 15 is 0 Å². The van der Waals surface area contributed by atoms with Crippen LogP contribution in [0.25, 0.3) is 0 Å². The Labute approximate surface area is 108 Å². The number of hydrogen-bond acceptors (Lipinski definition) is 2. The monoisotopic (exact) mass is 240 g/mol. The zero-order chi connectivity index (χ0) is 13.0. The quantitative estimate of drug-likeness (QED) is 0.316. The van der Waals surface area contributed by atoms with Crippen molar-refractivity contribution in [3.8, 4) is 0 Å². The minimum Gasteiger partial charge on any atom is -0.209 e. The lowest BCUT2D eigenvalue weighted by atomic mass is 9.97. The predicted octanol–water partition coefficient (Wildman–Crippen LogP) is 6.11. The molecule has 17 heavy (non-hydrogen) atoms. The zero-order valence-corrected chi connectivity index (χ0v) is 12.2. The van der Waals surface area contributed by atoms with Gasteiger partial charge in [-0.1, -0.05) is 71.1 Å². The topological polar surface area (TPSA) is 36.2 Å². The van der Waals surface area contributed by atoms with Crippen LogP contribution in [0.3, 0.4) is 0 Å². The van der Waals surface area contributed by atoms with Crippen molar-refractivity contribution in [1.82, 2.24) is 0 Å². The van der Waals surface area contributed by atoms with Crippen LogP contribution < -0.4 is 0 Å². The number of hydrogen-bond donors (Lipinski definition) is 1. The summed E-state index contributed by atoms with van der Waals surface area (Å²) < 4.78 is 0. The highest BCUT2D eigenvalue weighted by atomic mass is 15.0. The molecule has 0 saturated carbocycles. The maximum atomic E-state index is 7.06. The summed E-state index contributed by atoms with van der Waals surface area (Å²) in [5, 5.41) is 3.65. The van der Waals surface area contributed by atoms with Crippen LogP contribution in [0.15, 0.2) is 5.11 Å². The maximum Gasteiger partial charge on any atom is 0.0757 e. The average molecular weight is 240 g/mol. The minimum absolute atomic E-state index is 0.125. The van der Waals surface area contributed by atoms with Crippen LogP contribution in [0.1, 0.15) is 91.4 Å². The van der Waals surface area contributed by atoms with Gasteiger partial charge in [0, 0.05) is 0 Å². The molecule has 2 nitrogen and oxygen atoms in total. The van der Waals surface area contributed by atoms with Crippen molar-refractivity contribution < 1.29 is 0 Å². The highest BCUT2D eigenvalue weighted by Crippen LogP contribution is 2.19. The van der Waals surface area contributed by atoms with Gasteiger partial charge < -0.3 is 0 Å². The molecule has 0 spiro atoms. The Morgan fingerprint density at radius 3 is 1.59 bits per heavy atom. The second kappa shape index (κ2) is 10.7. The molecule has 0 aliphatic rings. The average Bonchev–Trinajstić information content (AvgIpc) is 2.31. The van der Waals surface area contributed by atoms with Crippen LogP contribution in [0.2, 0.25) is 0 Å². The lowest BCUT2D eigenvalue weighted by Gasteiger charge is -2.16. The Balaban J connectivity index is 3.11. The third kappa shape index (κ3) is 11.9. The molecule has 0 fully saturated rings. The Kier molecular flexibility index (Phi) is 10.5. The Morgan fingerprint density at radius 1 is 0.765 bits per heavy atom. The molecule has 0 aromatic rings. The summed E-state index contributed by atoms with van der Waals surface area (Å²) in [4.78, 5) is 0. The molecule has 1 N–H and O–H groups in total. The summed E-state index contributed by atoms with van der Waals surface area (Å²) in [6.45, 7) is 6.37. The first-order valence-electron chi connectivity index (χ1n) is 7.51. The van der Waals surface area contributed by atoms with Crippen LogP contribution >= 0.6 is 0 Å². The van der Waals surface area contributed by atoms with Crippen molar-refractivity contribution >= 4 is 0 Å². The molecule has 0 aromatic carbocycles. The van der Waals surface area contributed by atoms with E-state index < -0.39 is 0 Å². The van der Waals surface area contributed by atoms with Gasteiger partial charge in [0.15, 0.2) is 0 Å². The van der Waals surface area contributed by atoms with Crippen LogP contribution in [-0.4, -0.2) is 5.54 Å². The molecule has 102 valence electrons. The third-order valence-electron chi connectivity index (χ3n) is 3.44. The fourth-order valence-corrected chi connectivity index (χ4v) is 2.10. The standard InChI is InChI=1S/C15H32N2/c1-4-5-6-7-8-9-10-11-12-13-14-15(2,3)17-16/h16H,4-14H2,1-3H3. The molecule has 0 bridgehead atoms. The Hall–Kier alpha value is -0.400. The molecule has 0 atom stereocenters. The van der Waals surface area contributed by atoms with E-state index in [1.807, 2.05) is 13.8 Å². The van der Waals surface area contributed by atoms with Crippen molar-refractivity contribution in [2.45, 2.75) is 96.9 Å². The van der Waals surface area contributed by atoms with Gasteiger partial charge in [-0.25, -0.2) is 5.53 Å². The van der Waals surface area contributed by atoms with Crippen molar-refractivity contribution in [2.75, 3.05) is 0 Å². The lowest BCUT2D eigenvalue weighted by Crippen LogP contribution is -2.14. The van der Waals surface area contributed by atoms with E-state index in [9.17, 15) is 0 Å². The molecule has 0 saturated heterocycles. The number of nitrogens with one attached hydrogen (secondary N) is 1. The van der Waals surface area contributed by atoms with Gasteiger partial charge >= 0.3 is 0 Å². The SMILES string of the molecule is CCCCCCCCCCCCC(C)(C)N=N. The van der Waals surface area contributed by atoms with E-state index in [1.165, 1.54) is 64.2 Å². The van der Waals surface area contributed by atoms with Gasteiger partial charge in [-0.05, 0) is 20.3 Å². The summed E-state index contributed by atoms with van der Waals surface area (Å²) in [5.41, 5.74) is 6.93. The largest absolute Gasteiger partial charge is 0.209 e. The van der Waals surface area contributed by atoms with Crippen molar-refractivity contribution in [3.63, 3.8) is 0 Å². The maximum absolute atomic E-state index is 7.06. The molecular formula is C15H32N2. The van der Waals surface area contributed by atoms with E-state index in [4.69, 9.17) is 5.53 Å². The summed E-state index contributed by atoms with van der Waals surface area (Å²) in [7, 11) is 0. The first-order chi connectivity index (χ1) is 8.12. The van der Waals surface area contributed by atoms with Gasteiger partial charge in [-0.3, -0.25) is 0 Å². The van der Waals surface area contributed by atoms with E-state index in [-0.39, 0.29) is 5.54 Å². The van der Waals surface area contributed by atoms with E-state index in [2.05, 4.69) is 12.0 Å². The van der Waals surface area contributed by atoms with Gasteiger partial charge in [0.1, 0.15) is 0 Å². The molecule has 0 amide bonds. The second-order valence-electron chi connectivity index (χ2n) is 5.86. The van der Waals surface area contributed by atoms with Crippen LogP contribution in [0.4, 0.5) is 0 Å². The lowest BCUT2D eigenvalue weighted by molar-refractivity contribution is 0.418. The van der Waals surface area contributed by atoms with Gasteiger partial charge in [-0.15, -0.1) is 0 Å². The molecule has 0 radical (unpaired) electrons. The number of rotatable bonds is 12. The van der Waals surface area contributed by atoms with Crippen molar-refractivity contribution in [3.05, 3.63) is 0 Å². The smallest absolute Gasteiger partial charge is 0.0757 e. The van der Waals surface area contributed by atoms with Crippen LogP contribution in [-0.2, 0) is 0 Å². The molecule has 0 rings (SSSR count). The van der Waals surface area contributed by atoms with Crippen molar-refractivity contribution in [1.29, 1.82) is 5.53 Å². The first kappa shape index (κ1) is 16.6. The summed E-state index contributed by atoms with van der Waals surface area (Å²) in [6, 6.07) is 0. The fraction of sp³-hybridized carbons (Fsp3) is 1.00. The van der Waals surface area contributed by atoms with Crippen LogP contribution in [0, 0.1) is 5.53 Å². The molecule has 0 aliphatic carbocycles. The minimum atomic E-state index is -0.125. The van der Waals surface area contributed by atoms with Gasteiger partial charge in [0.05, 0.1) is 5.54 Å². The van der Waals surface area contributed by atoms with Crippen molar-refractivity contribution in [2.24, 2.45) is 5.11 Å². The molecular weight excluding hydrogens is 208 g/mol. The van der Waals surface area contributed by atoms with Gasteiger partial charge in [0.25, 0.3) is 0 Å². The first-order valence-corrected chi connectivity index (χ1v) is 7.51. The molecule has 0 aliphatic heterocycles.